The van der Waals surface area contributed by atoms with Crippen molar-refractivity contribution in [1.82, 2.24) is 0 Å². The summed E-state index contributed by atoms with van der Waals surface area (Å²) in [4.78, 5) is 37.4. The molecule has 0 aromatic carbocycles. The van der Waals surface area contributed by atoms with Crippen molar-refractivity contribution in [2.75, 3.05) is 5.32 Å². The van der Waals surface area contributed by atoms with Crippen LogP contribution in [-0.2, 0) is 14.3 Å². The van der Waals surface area contributed by atoms with E-state index >= 15 is 0 Å². The highest BCUT2D eigenvalue weighted by Crippen LogP contribution is 2.36. The highest BCUT2D eigenvalue weighted by Gasteiger charge is 2.36. The number of aliphatic carboxylic acids is 1. The van der Waals surface area contributed by atoms with E-state index in [1.54, 1.807) is 13.8 Å². The van der Waals surface area contributed by atoms with Crippen LogP contribution >= 0.6 is 11.3 Å². The minimum absolute atomic E-state index is 0.259. The maximum Gasteiger partial charge on any atom is 0.341 e. The number of esters is 1. The van der Waals surface area contributed by atoms with Crippen LogP contribution in [-0.4, -0.2) is 29.1 Å². The van der Waals surface area contributed by atoms with Crippen molar-refractivity contribution >= 4 is 34.2 Å². The molecule has 0 saturated heterocycles. The minimum Gasteiger partial charge on any atom is -0.481 e. The minimum atomic E-state index is -0.933. The van der Waals surface area contributed by atoms with Crippen molar-refractivity contribution in [1.29, 1.82) is 0 Å². The maximum atomic E-state index is 12.7. The fourth-order valence-electron chi connectivity index (χ4n) is 3.18. The molecule has 1 aliphatic carbocycles. The Labute approximate surface area is 151 Å². The lowest BCUT2D eigenvalue weighted by Gasteiger charge is -2.27. The van der Waals surface area contributed by atoms with E-state index in [4.69, 9.17) is 4.74 Å². The molecular formula is C18H25NO5S. The van der Waals surface area contributed by atoms with Crippen molar-refractivity contribution in [3.63, 3.8) is 0 Å². The number of hydrogen-bond acceptors (Lipinski definition) is 5. The van der Waals surface area contributed by atoms with Crippen molar-refractivity contribution in [3.05, 3.63) is 16.0 Å². The van der Waals surface area contributed by atoms with Crippen molar-refractivity contribution in [2.45, 2.75) is 59.5 Å². The SMILES string of the molecule is Cc1sc(NC(=O)[C@H]2CCCC[C@H]2C(=O)O)c(C(=O)OC(C)C)c1C. The first-order valence-corrected chi connectivity index (χ1v) is 9.38. The van der Waals surface area contributed by atoms with Crippen molar-refractivity contribution < 1.29 is 24.2 Å². The molecule has 1 aliphatic rings. The third kappa shape index (κ3) is 4.39. The first kappa shape index (κ1) is 19.4. The zero-order valence-corrected chi connectivity index (χ0v) is 15.9. The number of nitrogens with one attached hydrogen (secondary N) is 1. The summed E-state index contributed by atoms with van der Waals surface area (Å²) in [6, 6.07) is 0. The third-order valence-electron chi connectivity index (χ3n) is 4.59. The number of thiophene rings is 1. The number of anilines is 1. The van der Waals surface area contributed by atoms with Gasteiger partial charge in [0.25, 0.3) is 0 Å². The Morgan fingerprint density at radius 3 is 2.32 bits per heavy atom. The molecule has 0 spiro atoms. The fraction of sp³-hybridized carbons (Fsp3) is 0.611. The Morgan fingerprint density at radius 1 is 1.16 bits per heavy atom. The molecule has 1 aromatic rings. The number of ether oxygens (including phenoxy) is 1. The van der Waals surface area contributed by atoms with Gasteiger partial charge in [0.1, 0.15) is 5.00 Å². The van der Waals surface area contributed by atoms with E-state index in [2.05, 4.69) is 5.32 Å². The molecule has 1 fully saturated rings. The molecule has 0 bridgehead atoms. The van der Waals surface area contributed by atoms with E-state index in [1.165, 1.54) is 11.3 Å². The molecule has 2 N–H and O–H groups in total. The number of hydrogen-bond donors (Lipinski definition) is 2. The molecule has 138 valence electrons. The molecule has 2 atom stereocenters. The van der Waals surface area contributed by atoms with Crippen LogP contribution in [0.3, 0.4) is 0 Å². The quantitative estimate of drug-likeness (QED) is 0.773. The second-order valence-electron chi connectivity index (χ2n) is 6.77. The molecule has 1 heterocycles. The van der Waals surface area contributed by atoms with Gasteiger partial charge in [-0.05, 0) is 46.1 Å². The lowest BCUT2D eigenvalue weighted by Crippen LogP contribution is -2.36. The summed E-state index contributed by atoms with van der Waals surface area (Å²) in [6.07, 6.45) is 2.47. The number of carbonyl (C=O) groups excluding carboxylic acids is 2. The van der Waals surface area contributed by atoms with Gasteiger partial charge in [0.05, 0.1) is 23.5 Å². The molecule has 7 heteroatoms. The van der Waals surface area contributed by atoms with E-state index in [9.17, 15) is 19.5 Å². The summed E-state index contributed by atoms with van der Waals surface area (Å²) in [7, 11) is 0. The third-order valence-corrected chi connectivity index (χ3v) is 5.71. The number of carboxylic acid groups (broad SMARTS) is 1. The van der Waals surface area contributed by atoms with Crippen LogP contribution in [0, 0.1) is 25.7 Å². The molecule has 0 radical (unpaired) electrons. The monoisotopic (exact) mass is 367 g/mol. The van der Waals surface area contributed by atoms with Crippen LogP contribution in [0.25, 0.3) is 0 Å². The molecular weight excluding hydrogens is 342 g/mol. The van der Waals surface area contributed by atoms with Gasteiger partial charge in [0.15, 0.2) is 0 Å². The van der Waals surface area contributed by atoms with Gasteiger partial charge in [-0.15, -0.1) is 11.3 Å². The number of rotatable bonds is 5. The second-order valence-corrected chi connectivity index (χ2v) is 7.99. The van der Waals surface area contributed by atoms with Gasteiger partial charge >= 0.3 is 11.9 Å². The lowest BCUT2D eigenvalue weighted by molar-refractivity contribution is -0.147. The standard InChI is InChI=1S/C18H25NO5S/c1-9(2)24-18(23)14-10(3)11(4)25-16(14)19-15(20)12-7-5-6-8-13(12)17(21)22/h9,12-13H,5-8H2,1-4H3,(H,19,20)(H,21,22)/t12-,13+/m0/s1. The Kier molecular flexibility index (Phi) is 6.21. The van der Waals surface area contributed by atoms with Crippen molar-refractivity contribution in [2.24, 2.45) is 11.8 Å². The average Bonchev–Trinajstić information content (AvgIpc) is 2.80. The summed E-state index contributed by atoms with van der Waals surface area (Å²) in [5.74, 6) is -2.96. The van der Waals surface area contributed by atoms with E-state index in [0.717, 1.165) is 23.3 Å². The predicted octanol–water partition coefficient (Wildman–Crippen LogP) is 3.76. The van der Waals surface area contributed by atoms with Crippen LogP contribution in [0.5, 0.6) is 0 Å². The molecule has 0 unspecified atom stereocenters. The van der Waals surface area contributed by atoms with Gasteiger partial charge < -0.3 is 15.2 Å². The molecule has 6 nitrogen and oxygen atoms in total. The highest BCUT2D eigenvalue weighted by atomic mass is 32.1. The average molecular weight is 367 g/mol. The molecule has 1 saturated carbocycles. The molecule has 1 amide bonds. The Bertz CT molecular complexity index is 679. The summed E-state index contributed by atoms with van der Waals surface area (Å²) < 4.78 is 5.28. The molecule has 2 rings (SSSR count). The van der Waals surface area contributed by atoms with E-state index in [1.807, 2.05) is 13.8 Å². The second kappa shape index (κ2) is 7.99. The van der Waals surface area contributed by atoms with Gasteiger partial charge in [0, 0.05) is 4.88 Å². The molecule has 0 aliphatic heterocycles. The van der Waals surface area contributed by atoms with E-state index < -0.39 is 23.8 Å². The number of carbonyl (C=O) groups is 3. The van der Waals surface area contributed by atoms with Gasteiger partial charge in [-0.3, -0.25) is 9.59 Å². The van der Waals surface area contributed by atoms with Crippen LogP contribution in [0.1, 0.15) is 60.3 Å². The van der Waals surface area contributed by atoms with E-state index in [-0.39, 0.29) is 12.0 Å². The first-order chi connectivity index (χ1) is 11.7. The van der Waals surface area contributed by atoms with Crippen LogP contribution in [0.15, 0.2) is 0 Å². The number of carboxylic acids is 1. The topological polar surface area (TPSA) is 92.7 Å². The van der Waals surface area contributed by atoms with Crippen LogP contribution < -0.4 is 5.32 Å². The Morgan fingerprint density at radius 2 is 1.76 bits per heavy atom. The predicted molar refractivity (Wildman–Crippen MR) is 96.1 cm³/mol. The summed E-state index contributed by atoms with van der Waals surface area (Å²) >= 11 is 1.32. The van der Waals surface area contributed by atoms with Crippen molar-refractivity contribution in [3.8, 4) is 0 Å². The van der Waals surface area contributed by atoms with Crippen LogP contribution in [0.2, 0.25) is 0 Å². The zero-order chi connectivity index (χ0) is 18.7. The summed E-state index contributed by atoms with van der Waals surface area (Å²) in [5.41, 5.74) is 1.15. The number of amides is 1. The van der Waals surface area contributed by atoms with Crippen LogP contribution in [0.4, 0.5) is 5.00 Å². The zero-order valence-electron chi connectivity index (χ0n) is 15.0. The Hall–Kier alpha value is -1.89. The number of aryl methyl sites for hydroxylation is 1. The Balaban J connectivity index is 2.24. The fourth-order valence-corrected chi connectivity index (χ4v) is 4.23. The molecule has 1 aromatic heterocycles. The summed E-state index contributed by atoms with van der Waals surface area (Å²) in [6.45, 7) is 7.23. The lowest BCUT2D eigenvalue weighted by atomic mass is 9.79. The molecule has 25 heavy (non-hydrogen) atoms. The summed E-state index contributed by atoms with van der Waals surface area (Å²) in [5, 5.41) is 12.6. The van der Waals surface area contributed by atoms with Gasteiger partial charge in [-0.25, -0.2) is 4.79 Å². The smallest absolute Gasteiger partial charge is 0.341 e. The largest absolute Gasteiger partial charge is 0.481 e. The first-order valence-electron chi connectivity index (χ1n) is 8.57. The highest BCUT2D eigenvalue weighted by molar-refractivity contribution is 7.16. The van der Waals surface area contributed by atoms with Gasteiger partial charge in [0.2, 0.25) is 5.91 Å². The van der Waals surface area contributed by atoms with Gasteiger partial charge in [-0.1, -0.05) is 12.8 Å². The van der Waals surface area contributed by atoms with E-state index in [0.29, 0.717) is 23.4 Å². The maximum absolute atomic E-state index is 12.7. The normalized spacial score (nSPS) is 20.4. The van der Waals surface area contributed by atoms with Gasteiger partial charge in [-0.2, -0.15) is 0 Å².